The third-order valence-corrected chi connectivity index (χ3v) is 3.97. The lowest BCUT2D eigenvalue weighted by Crippen LogP contribution is -2.26. The second-order valence-corrected chi connectivity index (χ2v) is 6.68. The standard InChI is InChI=1S/C12H23N5O2S/c1-5-14-10-8-11(17-12(16-10)9(2)3)15-6-7-20(18,19)13-4/h8-9,13H,5-7H2,1-4H3,(H2,14,15,16,17). The molecule has 8 heteroatoms. The highest BCUT2D eigenvalue weighted by atomic mass is 32.2. The fourth-order valence-electron chi connectivity index (χ4n) is 1.50. The molecule has 0 amide bonds. The number of nitrogens with one attached hydrogen (secondary N) is 3. The first-order valence-corrected chi connectivity index (χ1v) is 8.31. The van der Waals surface area contributed by atoms with Crippen molar-refractivity contribution in [3.63, 3.8) is 0 Å². The van der Waals surface area contributed by atoms with Gasteiger partial charge in [0.1, 0.15) is 17.5 Å². The summed E-state index contributed by atoms with van der Waals surface area (Å²) < 4.78 is 25.0. The van der Waals surface area contributed by atoms with E-state index in [-0.39, 0.29) is 11.7 Å². The van der Waals surface area contributed by atoms with Gasteiger partial charge in [0.25, 0.3) is 0 Å². The van der Waals surface area contributed by atoms with Gasteiger partial charge in [-0.1, -0.05) is 13.8 Å². The van der Waals surface area contributed by atoms with Crippen molar-refractivity contribution in [2.75, 3.05) is 36.5 Å². The molecule has 1 rings (SSSR count). The van der Waals surface area contributed by atoms with Gasteiger partial charge >= 0.3 is 0 Å². The highest BCUT2D eigenvalue weighted by molar-refractivity contribution is 7.89. The van der Waals surface area contributed by atoms with Gasteiger partial charge in [0.2, 0.25) is 10.0 Å². The monoisotopic (exact) mass is 301 g/mol. The van der Waals surface area contributed by atoms with Gasteiger partial charge in [-0.15, -0.1) is 0 Å². The third-order valence-electron chi connectivity index (χ3n) is 2.61. The molecule has 0 saturated carbocycles. The predicted octanol–water partition coefficient (Wildman–Crippen LogP) is 0.993. The Kier molecular flexibility index (Phi) is 6.15. The molecular formula is C12H23N5O2S. The van der Waals surface area contributed by atoms with Crippen molar-refractivity contribution < 1.29 is 8.42 Å². The summed E-state index contributed by atoms with van der Waals surface area (Å²) >= 11 is 0. The van der Waals surface area contributed by atoms with Gasteiger partial charge in [-0.25, -0.2) is 23.1 Å². The lowest BCUT2D eigenvalue weighted by Gasteiger charge is -2.12. The molecule has 0 atom stereocenters. The molecule has 1 aromatic rings. The van der Waals surface area contributed by atoms with E-state index in [9.17, 15) is 8.42 Å². The number of aromatic nitrogens is 2. The highest BCUT2D eigenvalue weighted by Crippen LogP contribution is 2.16. The van der Waals surface area contributed by atoms with Crippen molar-refractivity contribution in [1.29, 1.82) is 0 Å². The summed E-state index contributed by atoms with van der Waals surface area (Å²) in [6, 6.07) is 1.78. The minimum absolute atomic E-state index is 0.00105. The zero-order valence-corrected chi connectivity index (χ0v) is 13.2. The molecule has 20 heavy (non-hydrogen) atoms. The van der Waals surface area contributed by atoms with Crippen LogP contribution >= 0.6 is 0 Å². The molecule has 0 radical (unpaired) electrons. The average molecular weight is 301 g/mol. The van der Waals surface area contributed by atoms with Crippen LogP contribution in [0.4, 0.5) is 11.6 Å². The Balaban J connectivity index is 2.78. The first kappa shape index (κ1) is 16.6. The van der Waals surface area contributed by atoms with Gasteiger partial charge in [0.15, 0.2) is 0 Å². The predicted molar refractivity (Wildman–Crippen MR) is 81.6 cm³/mol. The first-order chi connectivity index (χ1) is 9.38. The summed E-state index contributed by atoms with van der Waals surface area (Å²) in [7, 11) is -1.81. The molecule has 0 aliphatic rings. The molecule has 1 heterocycles. The van der Waals surface area contributed by atoms with Crippen molar-refractivity contribution in [3.05, 3.63) is 11.9 Å². The Morgan fingerprint density at radius 2 is 1.80 bits per heavy atom. The topological polar surface area (TPSA) is 96.0 Å². The number of rotatable bonds is 8. The summed E-state index contributed by atoms with van der Waals surface area (Å²) in [5, 5.41) is 6.16. The van der Waals surface area contributed by atoms with E-state index in [0.717, 1.165) is 18.2 Å². The van der Waals surface area contributed by atoms with Crippen molar-refractivity contribution in [1.82, 2.24) is 14.7 Å². The molecule has 0 unspecified atom stereocenters. The summed E-state index contributed by atoms with van der Waals surface area (Å²) in [6.45, 7) is 7.08. The van der Waals surface area contributed by atoms with Crippen molar-refractivity contribution in [2.24, 2.45) is 0 Å². The molecule has 3 N–H and O–H groups in total. The van der Waals surface area contributed by atoms with Gasteiger partial charge in [-0.05, 0) is 14.0 Å². The largest absolute Gasteiger partial charge is 0.370 e. The molecule has 0 aliphatic carbocycles. The third kappa shape index (κ3) is 5.30. The molecule has 0 spiro atoms. The van der Waals surface area contributed by atoms with Gasteiger partial charge in [0, 0.05) is 25.1 Å². The first-order valence-electron chi connectivity index (χ1n) is 6.66. The van der Waals surface area contributed by atoms with E-state index >= 15 is 0 Å². The fourth-order valence-corrected chi connectivity index (χ4v) is 2.08. The van der Waals surface area contributed by atoms with E-state index < -0.39 is 10.0 Å². The van der Waals surface area contributed by atoms with Gasteiger partial charge in [-0.2, -0.15) is 0 Å². The van der Waals surface area contributed by atoms with Crippen LogP contribution < -0.4 is 15.4 Å². The molecule has 114 valence electrons. The van der Waals surface area contributed by atoms with Crippen LogP contribution in [-0.2, 0) is 10.0 Å². The molecule has 0 aromatic carbocycles. The van der Waals surface area contributed by atoms with E-state index in [0.29, 0.717) is 12.4 Å². The lowest BCUT2D eigenvalue weighted by molar-refractivity contribution is 0.588. The normalized spacial score (nSPS) is 11.7. The summed E-state index contributed by atoms with van der Waals surface area (Å²) in [5.74, 6) is 2.30. The minimum Gasteiger partial charge on any atom is -0.370 e. The van der Waals surface area contributed by atoms with E-state index in [1.807, 2.05) is 20.8 Å². The Hall–Kier alpha value is -1.41. The van der Waals surface area contributed by atoms with Crippen LogP contribution in [0, 0.1) is 0 Å². The van der Waals surface area contributed by atoms with Crippen LogP contribution in [0.25, 0.3) is 0 Å². The van der Waals surface area contributed by atoms with Crippen LogP contribution in [0.15, 0.2) is 6.07 Å². The molecule has 0 aliphatic heterocycles. The quantitative estimate of drug-likeness (QED) is 0.663. The fraction of sp³-hybridized carbons (Fsp3) is 0.667. The molecule has 0 saturated heterocycles. The van der Waals surface area contributed by atoms with Crippen LogP contribution in [0.3, 0.4) is 0 Å². The Morgan fingerprint density at radius 1 is 1.20 bits per heavy atom. The summed E-state index contributed by atoms with van der Waals surface area (Å²) in [5.41, 5.74) is 0. The SMILES string of the molecule is CCNc1cc(NCCS(=O)(=O)NC)nc(C(C)C)n1. The van der Waals surface area contributed by atoms with Crippen LogP contribution in [-0.4, -0.2) is 44.3 Å². The summed E-state index contributed by atoms with van der Waals surface area (Å²) in [6.07, 6.45) is 0. The Labute approximate surface area is 120 Å². The second kappa shape index (κ2) is 7.39. The van der Waals surface area contributed by atoms with Crippen molar-refractivity contribution in [2.45, 2.75) is 26.7 Å². The Morgan fingerprint density at radius 3 is 2.30 bits per heavy atom. The summed E-state index contributed by atoms with van der Waals surface area (Å²) in [4.78, 5) is 8.79. The van der Waals surface area contributed by atoms with Crippen LogP contribution in [0.2, 0.25) is 0 Å². The number of hydrogen-bond donors (Lipinski definition) is 3. The molecule has 7 nitrogen and oxygen atoms in total. The number of sulfonamides is 1. The molecular weight excluding hydrogens is 278 g/mol. The van der Waals surface area contributed by atoms with E-state index in [2.05, 4.69) is 25.3 Å². The second-order valence-electron chi connectivity index (χ2n) is 4.63. The van der Waals surface area contributed by atoms with Crippen molar-refractivity contribution >= 4 is 21.7 Å². The number of anilines is 2. The highest BCUT2D eigenvalue weighted by Gasteiger charge is 2.09. The number of hydrogen-bond acceptors (Lipinski definition) is 6. The molecule has 0 bridgehead atoms. The number of nitrogens with zero attached hydrogens (tertiary/aromatic N) is 2. The average Bonchev–Trinajstić information content (AvgIpc) is 2.38. The van der Waals surface area contributed by atoms with Gasteiger partial charge in [0.05, 0.1) is 5.75 Å². The molecule has 0 fully saturated rings. The zero-order valence-electron chi connectivity index (χ0n) is 12.4. The van der Waals surface area contributed by atoms with Crippen LogP contribution in [0.1, 0.15) is 32.5 Å². The Bertz CT molecular complexity index is 531. The van der Waals surface area contributed by atoms with E-state index in [1.54, 1.807) is 6.07 Å². The zero-order chi connectivity index (χ0) is 15.2. The van der Waals surface area contributed by atoms with Gasteiger partial charge in [-0.3, -0.25) is 0 Å². The minimum atomic E-state index is -3.21. The van der Waals surface area contributed by atoms with E-state index in [1.165, 1.54) is 7.05 Å². The smallest absolute Gasteiger partial charge is 0.213 e. The maximum atomic E-state index is 11.3. The lowest BCUT2D eigenvalue weighted by atomic mass is 10.2. The molecule has 1 aromatic heterocycles. The van der Waals surface area contributed by atoms with Crippen LogP contribution in [0.5, 0.6) is 0 Å². The maximum Gasteiger partial charge on any atom is 0.213 e. The van der Waals surface area contributed by atoms with Gasteiger partial charge < -0.3 is 10.6 Å². The van der Waals surface area contributed by atoms with Crippen molar-refractivity contribution in [3.8, 4) is 0 Å². The maximum absolute atomic E-state index is 11.3. The van der Waals surface area contributed by atoms with E-state index in [4.69, 9.17) is 0 Å².